The van der Waals surface area contributed by atoms with E-state index >= 15 is 0 Å². The lowest BCUT2D eigenvalue weighted by Crippen LogP contribution is -2.06. The highest BCUT2D eigenvalue weighted by molar-refractivity contribution is 9.10. The molecule has 0 unspecified atom stereocenters. The Hall–Kier alpha value is -2.60. The molecule has 2 aromatic carbocycles. The van der Waals surface area contributed by atoms with Gasteiger partial charge < -0.3 is 14.2 Å². The molecule has 5 nitrogen and oxygen atoms in total. The number of esters is 1. The van der Waals surface area contributed by atoms with Gasteiger partial charge in [-0.1, -0.05) is 28.1 Å². The minimum atomic E-state index is -0.516. The van der Waals surface area contributed by atoms with Crippen molar-refractivity contribution >= 4 is 33.9 Å². The summed E-state index contributed by atoms with van der Waals surface area (Å²) in [6, 6.07) is 12.7. The van der Waals surface area contributed by atoms with Gasteiger partial charge in [0.2, 0.25) is 5.90 Å². The standard InChI is InChI=1S/C18H14BrNO4/c1-22-15-8-7-12(19)9-11(15)10-14-18(21)24-17(20-14)13-5-3-4-6-16(13)23-2/h3-10H,1-2H3/b14-10+. The molecule has 0 saturated heterocycles. The van der Waals surface area contributed by atoms with Crippen molar-refractivity contribution in [3.05, 3.63) is 63.8 Å². The lowest BCUT2D eigenvalue weighted by molar-refractivity contribution is -0.129. The molecule has 3 rings (SSSR count). The number of carbonyl (C=O) groups is 1. The van der Waals surface area contributed by atoms with Gasteiger partial charge >= 0.3 is 5.97 Å². The Morgan fingerprint density at radius 3 is 2.58 bits per heavy atom. The average molecular weight is 388 g/mol. The molecule has 0 aromatic heterocycles. The molecule has 0 radical (unpaired) electrons. The Balaban J connectivity index is 2.02. The SMILES string of the molecule is COc1ccc(Br)cc1/C=C1/N=C(c2ccccc2OC)OC1=O. The van der Waals surface area contributed by atoms with Crippen LogP contribution >= 0.6 is 15.9 Å². The number of methoxy groups -OCH3 is 2. The van der Waals surface area contributed by atoms with Gasteiger partial charge in [-0.15, -0.1) is 0 Å². The second-order valence-electron chi connectivity index (χ2n) is 4.92. The highest BCUT2D eigenvalue weighted by Crippen LogP contribution is 2.29. The summed E-state index contributed by atoms with van der Waals surface area (Å²) in [6.07, 6.45) is 1.63. The van der Waals surface area contributed by atoms with Gasteiger partial charge in [0.1, 0.15) is 11.5 Å². The summed E-state index contributed by atoms with van der Waals surface area (Å²) < 4.78 is 16.7. The number of aliphatic imine (C=N–C) groups is 1. The van der Waals surface area contributed by atoms with E-state index in [0.29, 0.717) is 17.1 Å². The van der Waals surface area contributed by atoms with E-state index in [1.165, 1.54) is 0 Å². The van der Waals surface area contributed by atoms with Crippen LogP contribution in [0.15, 0.2) is 57.6 Å². The quantitative estimate of drug-likeness (QED) is 0.591. The molecular weight excluding hydrogens is 374 g/mol. The predicted molar refractivity (Wildman–Crippen MR) is 94.3 cm³/mol. The first-order valence-corrected chi connectivity index (χ1v) is 7.91. The van der Waals surface area contributed by atoms with Crippen LogP contribution < -0.4 is 9.47 Å². The Morgan fingerprint density at radius 1 is 1.08 bits per heavy atom. The van der Waals surface area contributed by atoms with Crippen LogP contribution in [0.4, 0.5) is 0 Å². The third kappa shape index (κ3) is 3.19. The topological polar surface area (TPSA) is 57.1 Å². The molecule has 1 heterocycles. The maximum atomic E-state index is 12.1. The Morgan fingerprint density at radius 2 is 1.83 bits per heavy atom. The highest BCUT2D eigenvalue weighted by atomic mass is 79.9. The van der Waals surface area contributed by atoms with Gasteiger partial charge in [0.05, 0.1) is 19.8 Å². The zero-order valence-corrected chi connectivity index (χ0v) is 14.7. The number of benzene rings is 2. The summed E-state index contributed by atoms with van der Waals surface area (Å²) >= 11 is 3.40. The molecule has 6 heteroatoms. The first-order chi connectivity index (χ1) is 11.6. The van der Waals surface area contributed by atoms with Crippen molar-refractivity contribution in [1.82, 2.24) is 0 Å². The zero-order chi connectivity index (χ0) is 17.1. The van der Waals surface area contributed by atoms with Crippen molar-refractivity contribution < 1.29 is 19.0 Å². The van der Waals surface area contributed by atoms with E-state index in [1.54, 1.807) is 32.4 Å². The van der Waals surface area contributed by atoms with Crippen molar-refractivity contribution in [3.8, 4) is 11.5 Å². The Labute approximate surface area is 147 Å². The third-order valence-electron chi connectivity index (χ3n) is 3.44. The van der Waals surface area contributed by atoms with Gasteiger partial charge in [0, 0.05) is 10.0 Å². The first kappa shape index (κ1) is 16.3. The molecule has 0 atom stereocenters. The number of nitrogens with zero attached hydrogens (tertiary/aromatic N) is 1. The molecule has 2 aromatic rings. The first-order valence-electron chi connectivity index (χ1n) is 7.12. The Kier molecular flexibility index (Phi) is 4.66. The molecule has 0 N–H and O–H groups in total. The molecule has 1 aliphatic heterocycles. The number of rotatable bonds is 4. The molecule has 0 spiro atoms. The van der Waals surface area contributed by atoms with Gasteiger partial charge in [-0.2, -0.15) is 0 Å². The Bertz CT molecular complexity index is 858. The summed E-state index contributed by atoms with van der Waals surface area (Å²) in [4.78, 5) is 16.5. The van der Waals surface area contributed by atoms with Crippen LogP contribution in [0.5, 0.6) is 11.5 Å². The molecule has 24 heavy (non-hydrogen) atoms. The number of cyclic esters (lactones) is 1. The normalized spacial score (nSPS) is 15.2. The minimum Gasteiger partial charge on any atom is -0.496 e. The van der Waals surface area contributed by atoms with Crippen molar-refractivity contribution in [1.29, 1.82) is 0 Å². The summed E-state index contributed by atoms with van der Waals surface area (Å²) in [5.41, 5.74) is 1.55. The number of hydrogen-bond donors (Lipinski definition) is 0. The molecular formula is C18H14BrNO4. The van der Waals surface area contributed by atoms with E-state index in [0.717, 1.165) is 10.0 Å². The van der Waals surface area contributed by atoms with Crippen LogP contribution in [0.2, 0.25) is 0 Å². The van der Waals surface area contributed by atoms with E-state index in [1.807, 2.05) is 30.3 Å². The van der Waals surface area contributed by atoms with Crippen molar-refractivity contribution in [3.63, 3.8) is 0 Å². The van der Waals surface area contributed by atoms with Gasteiger partial charge in [0.15, 0.2) is 5.70 Å². The second kappa shape index (κ2) is 6.88. The van der Waals surface area contributed by atoms with E-state index in [-0.39, 0.29) is 11.6 Å². The smallest absolute Gasteiger partial charge is 0.363 e. The summed E-state index contributed by atoms with van der Waals surface area (Å²) in [7, 11) is 3.13. The van der Waals surface area contributed by atoms with Crippen molar-refractivity contribution in [2.75, 3.05) is 14.2 Å². The van der Waals surface area contributed by atoms with E-state index in [4.69, 9.17) is 14.2 Å². The predicted octanol–water partition coefficient (Wildman–Crippen LogP) is 3.81. The molecule has 1 aliphatic rings. The number of hydrogen-bond acceptors (Lipinski definition) is 5. The van der Waals surface area contributed by atoms with Crippen LogP contribution in [0, 0.1) is 0 Å². The summed E-state index contributed by atoms with van der Waals surface area (Å²) in [5, 5.41) is 0. The summed E-state index contributed by atoms with van der Waals surface area (Å²) in [5.74, 6) is 0.931. The van der Waals surface area contributed by atoms with Crippen LogP contribution in [-0.2, 0) is 9.53 Å². The molecule has 0 aliphatic carbocycles. The highest BCUT2D eigenvalue weighted by Gasteiger charge is 2.26. The van der Waals surface area contributed by atoms with Gasteiger partial charge in [-0.25, -0.2) is 9.79 Å². The van der Waals surface area contributed by atoms with Crippen molar-refractivity contribution in [2.45, 2.75) is 0 Å². The van der Waals surface area contributed by atoms with Crippen LogP contribution in [0.1, 0.15) is 11.1 Å². The molecule has 0 saturated carbocycles. The lowest BCUT2D eigenvalue weighted by Gasteiger charge is -2.05. The molecule has 122 valence electrons. The van der Waals surface area contributed by atoms with Gasteiger partial charge in [-0.3, -0.25) is 0 Å². The van der Waals surface area contributed by atoms with Crippen LogP contribution in [0.3, 0.4) is 0 Å². The second-order valence-corrected chi connectivity index (χ2v) is 5.84. The fraction of sp³-hybridized carbons (Fsp3) is 0.111. The van der Waals surface area contributed by atoms with Crippen molar-refractivity contribution in [2.24, 2.45) is 4.99 Å². The molecule has 0 amide bonds. The number of carbonyl (C=O) groups excluding carboxylic acids is 1. The van der Waals surface area contributed by atoms with Gasteiger partial charge in [0.25, 0.3) is 0 Å². The monoisotopic (exact) mass is 387 g/mol. The largest absolute Gasteiger partial charge is 0.496 e. The summed E-state index contributed by atoms with van der Waals surface area (Å²) in [6.45, 7) is 0. The molecule has 0 bridgehead atoms. The average Bonchev–Trinajstić information content (AvgIpc) is 2.95. The van der Waals surface area contributed by atoms with Crippen LogP contribution in [-0.4, -0.2) is 26.1 Å². The maximum Gasteiger partial charge on any atom is 0.363 e. The fourth-order valence-electron chi connectivity index (χ4n) is 2.31. The molecule has 0 fully saturated rings. The number of halogens is 1. The maximum absolute atomic E-state index is 12.1. The van der Waals surface area contributed by atoms with E-state index < -0.39 is 5.97 Å². The number of para-hydroxylation sites is 1. The third-order valence-corrected chi connectivity index (χ3v) is 3.94. The fourth-order valence-corrected chi connectivity index (χ4v) is 2.69. The minimum absolute atomic E-state index is 0.201. The zero-order valence-electron chi connectivity index (χ0n) is 13.1. The number of ether oxygens (including phenoxy) is 3. The van der Waals surface area contributed by atoms with E-state index in [2.05, 4.69) is 20.9 Å². The van der Waals surface area contributed by atoms with Gasteiger partial charge in [-0.05, 0) is 36.4 Å². The van der Waals surface area contributed by atoms with Crippen LogP contribution in [0.25, 0.3) is 6.08 Å². The lowest BCUT2D eigenvalue weighted by atomic mass is 10.1. The van der Waals surface area contributed by atoms with E-state index in [9.17, 15) is 4.79 Å².